The number of aliphatic carboxylic acids is 1. The molecule has 1 atom stereocenters. The van der Waals surface area contributed by atoms with Gasteiger partial charge in [0.25, 0.3) is 0 Å². The fraction of sp³-hybridized carbons (Fsp3) is 0.300. The molecule has 0 aliphatic heterocycles. The summed E-state index contributed by atoms with van der Waals surface area (Å²) >= 11 is 2.79. The maximum Gasteiger partial charge on any atom is 0.316 e. The van der Waals surface area contributed by atoms with Crippen LogP contribution in [0.3, 0.4) is 0 Å². The second-order valence-electron chi connectivity index (χ2n) is 3.28. The summed E-state index contributed by atoms with van der Waals surface area (Å²) in [6.07, 6.45) is 0. The van der Waals surface area contributed by atoms with Crippen molar-refractivity contribution in [2.24, 2.45) is 0 Å². The van der Waals surface area contributed by atoms with E-state index in [-0.39, 0.29) is 0 Å². The van der Waals surface area contributed by atoms with Crippen LogP contribution in [0.5, 0.6) is 0 Å². The minimum absolute atomic E-state index is 0.409. The Morgan fingerprint density at radius 3 is 3.18 bits per heavy atom. The predicted octanol–water partition coefficient (Wildman–Crippen LogP) is 2.50. The molecule has 0 aliphatic rings. The monoisotopic (exact) mass is 270 g/mol. The average molecular weight is 270 g/mol. The Balaban J connectivity index is 1.97. The number of thioether (sulfide) groups is 1. The van der Waals surface area contributed by atoms with Gasteiger partial charge in [-0.15, -0.1) is 23.1 Å². The first-order valence-electron chi connectivity index (χ1n) is 4.87. The van der Waals surface area contributed by atoms with E-state index in [1.807, 2.05) is 17.5 Å². The molecule has 0 spiro atoms. The number of nitrogens with zero attached hydrogens (tertiary/aromatic N) is 2. The average Bonchev–Trinajstić information content (AvgIpc) is 2.95. The minimum Gasteiger partial charge on any atom is -0.480 e. The molecule has 0 saturated carbocycles. The van der Waals surface area contributed by atoms with Gasteiger partial charge in [0, 0.05) is 0 Å². The Hall–Kier alpha value is -1.34. The standard InChI is InChI=1S/C10H10N2O3S2/c1-6(10(13)14)17-5-8-11-9(12-15-8)7-3-2-4-16-7/h2-4,6H,5H2,1H3,(H,13,14). The van der Waals surface area contributed by atoms with E-state index in [1.165, 1.54) is 23.1 Å². The van der Waals surface area contributed by atoms with E-state index in [4.69, 9.17) is 9.63 Å². The van der Waals surface area contributed by atoms with E-state index in [0.717, 1.165) is 4.88 Å². The second kappa shape index (κ2) is 5.33. The fourth-order valence-electron chi connectivity index (χ4n) is 1.09. The first-order chi connectivity index (χ1) is 8.16. The molecule has 2 rings (SSSR count). The Labute approximate surface area is 106 Å². The lowest BCUT2D eigenvalue weighted by atomic mass is 10.4. The minimum atomic E-state index is -0.840. The van der Waals surface area contributed by atoms with Crippen LogP contribution in [0.25, 0.3) is 10.7 Å². The number of thiophene rings is 1. The molecule has 2 aromatic heterocycles. The van der Waals surface area contributed by atoms with Gasteiger partial charge < -0.3 is 9.63 Å². The summed E-state index contributed by atoms with van der Waals surface area (Å²) in [5.74, 6) is 0.573. The highest BCUT2D eigenvalue weighted by molar-refractivity contribution is 7.99. The zero-order chi connectivity index (χ0) is 12.3. The molecule has 0 aliphatic carbocycles. The van der Waals surface area contributed by atoms with Crippen molar-refractivity contribution >= 4 is 29.1 Å². The Kier molecular flexibility index (Phi) is 3.80. The zero-order valence-corrected chi connectivity index (χ0v) is 10.6. The van der Waals surface area contributed by atoms with Gasteiger partial charge in [0.15, 0.2) is 0 Å². The van der Waals surface area contributed by atoms with E-state index in [1.54, 1.807) is 6.92 Å². The van der Waals surface area contributed by atoms with E-state index < -0.39 is 11.2 Å². The molecule has 1 N–H and O–H groups in total. The third-order valence-electron chi connectivity index (χ3n) is 2.01. The molecule has 0 radical (unpaired) electrons. The summed E-state index contributed by atoms with van der Waals surface area (Å²) in [5, 5.41) is 14.0. The van der Waals surface area contributed by atoms with Crippen LogP contribution in [0.1, 0.15) is 12.8 Å². The maximum absolute atomic E-state index is 10.6. The van der Waals surface area contributed by atoms with Crippen LogP contribution in [0.4, 0.5) is 0 Å². The zero-order valence-electron chi connectivity index (χ0n) is 8.99. The van der Waals surface area contributed by atoms with Gasteiger partial charge in [0.05, 0.1) is 15.9 Å². The largest absolute Gasteiger partial charge is 0.480 e. The molecule has 90 valence electrons. The predicted molar refractivity (Wildman–Crippen MR) is 66.0 cm³/mol. The maximum atomic E-state index is 10.6. The molecule has 7 heteroatoms. The first-order valence-corrected chi connectivity index (χ1v) is 6.80. The van der Waals surface area contributed by atoms with Crippen LogP contribution in [0.15, 0.2) is 22.0 Å². The van der Waals surface area contributed by atoms with Gasteiger partial charge in [-0.05, 0) is 18.4 Å². The highest BCUT2D eigenvalue weighted by atomic mass is 32.2. The van der Waals surface area contributed by atoms with Gasteiger partial charge >= 0.3 is 5.97 Å². The highest BCUT2D eigenvalue weighted by Gasteiger charge is 2.14. The number of carboxylic acids is 1. The molecule has 0 amide bonds. The lowest BCUT2D eigenvalue weighted by molar-refractivity contribution is -0.136. The van der Waals surface area contributed by atoms with Gasteiger partial charge in [-0.3, -0.25) is 4.79 Å². The van der Waals surface area contributed by atoms with E-state index in [2.05, 4.69) is 10.1 Å². The van der Waals surface area contributed by atoms with Crippen LogP contribution >= 0.6 is 23.1 Å². The summed E-state index contributed by atoms with van der Waals surface area (Å²) in [5.41, 5.74) is 0. The quantitative estimate of drug-likeness (QED) is 0.899. The molecular formula is C10H10N2O3S2. The van der Waals surface area contributed by atoms with Crippen LogP contribution in [0, 0.1) is 0 Å². The molecule has 5 nitrogen and oxygen atoms in total. The molecule has 2 aromatic rings. The summed E-state index contributed by atoms with van der Waals surface area (Å²) in [6.45, 7) is 1.63. The number of carbonyl (C=O) groups is 1. The van der Waals surface area contributed by atoms with Crippen molar-refractivity contribution in [1.29, 1.82) is 0 Å². The second-order valence-corrected chi connectivity index (χ2v) is 5.56. The number of carboxylic acid groups (broad SMARTS) is 1. The third kappa shape index (κ3) is 3.07. The lowest BCUT2D eigenvalue weighted by Gasteiger charge is -2.01. The van der Waals surface area contributed by atoms with Crippen molar-refractivity contribution in [3.05, 3.63) is 23.4 Å². The fourth-order valence-corrected chi connectivity index (χ4v) is 2.39. The van der Waals surface area contributed by atoms with Gasteiger partial charge in [0.1, 0.15) is 0 Å². The van der Waals surface area contributed by atoms with E-state index in [0.29, 0.717) is 17.5 Å². The Bertz CT molecular complexity index is 495. The number of rotatable bonds is 5. The van der Waals surface area contributed by atoms with Gasteiger partial charge in [-0.25, -0.2) is 0 Å². The van der Waals surface area contributed by atoms with Gasteiger partial charge in [-0.2, -0.15) is 4.98 Å². The van der Waals surface area contributed by atoms with Crippen molar-refractivity contribution in [2.75, 3.05) is 0 Å². The molecule has 0 saturated heterocycles. The van der Waals surface area contributed by atoms with Gasteiger partial charge in [-0.1, -0.05) is 11.2 Å². The van der Waals surface area contributed by atoms with Crippen LogP contribution < -0.4 is 0 Å². The van der Waals surface area contributed by atoms with E-state index in [9.17, 15) is 4.79 Å². The van der Waals surface area contributed by atoms with Crippen molar-refractivity contribution in [3.8, 4) is 10.7 Å². The molecule has 0 fully saturated rings. The molecule has 2 heterocycles. The third-order valence-corrected chi connectivity index (χ3v) is 4.00. The number of hydrogen-bond donors (Lipinski definition) is 1. The molecule has 0 bridgehead atoms. The van der Waals surface area contributed by atoms with Crippen molar-refractivity contribution in [1.82, 2.24) is 10.1 Å². The summed E-state index contributed by atoms with van der Waals surface area (Å²) in [4.78, 5) is 15.8. The highest BCUT2D eigenvalue weighted by Crippen LogP contribution is 2.23. The molecule has 1 unspecified atom stereocenters. The van der Waals surface area contributed by atoms with E-state index >= 15 is 0 Å². The van der Waals surface area contributed by atoms with Crippen molar-refractivity contribution in [3.63, 3.8) is 0 Å². The Morgan fingerprint density at radius 1 is 1.71 bits per heavy atom. The van der Waals surface area contributed by atoms with Crippen molar-refractivity contribution < 1.29 is 14.4 Å². The first kappa shape index (κ1) is 12.1. The number of aromatic nitrogens is 2. The summed E-state index contributed by atoms with van der Waals surface area (Å²) in [7, 11) is 0. The molecule has 0 aromatic carbocycles. The normalized spacial score (nSPS) is 12.5. The van der Waals surface area contributed by atoms with Crippen LogP contribution in [0.2, 0.25) is 0 Å². The summed E-state index contributed by atoms with van der Waals surface area (Å²) < 4.78 is 5.05. The van der Waals surface area contributed by atoms with Crippen molar-refractivity contribution in [2.45, 2.75) is 17.9 Å². The number of hydrogen-bond acceptors (Lipinski definition) is 6. The molecular weight excluding hydrogens is 260 g/mol. The van der Waals surface area contributed by atoms with Crippen LogP contribution in [-0.4, -0.2) is 26.5 Å². The van der Waals surface area contributed by atoms with Gasteiger partial charge in [0.2, 0.25) is 11.7 Å². The Morgan fingerprint density at radius 2 is 2.53 bits per heavy atom. The topological polar surface area (TPSA) is 76.2 Å². The molecule has 17 heavy (non-hydrogen) atoms. The smallest absolute Gasteiger partial charge is 0.316 e. The summed E-state index contributed by atoms with van der Waals surface area (Å²) in [6, 6.07) is 3.82. The SMILES string of the molecule is CC(SCc1nc(-c2cccs2)no1)C(=O)O. The lowest BCUT2D eigenvalue weighted by Crippen LogP contribution is -2.11. The van der Waals surface area contributed by atoms with Crippen LogP contribution in [-0.2, 0) is 10.5 Å².